The third kappa shape index (κ3) is 3.56. The molecule has 1 saturated heterocycles. The third-order valence-electron chi connectivity index (χ3n) is 4.79. The summed E-state index contributed by atoms with van der Waals surface area (Å²) in [6.45, 7) is 1.54. The first-order valence-corrected chi connectivity index (χ1v) is 9.88. The SMILES string of the molecule is COc1ccc(S(=O)(=O)N2CCN(C)C(c3ccccc3)C2)cc1OC. The van der Waals surface area contributed by atoms with Crippen molar-refractivity contribution >= 4 is 10.0 Å². The van der Waals surface area contributed by atoms with Crippen molar-refractivity contribution in [3.63, 3.8) is 0 Å². The van der Waals surface area contributed by atoms with Crippen LogP contribution in [-0.4, -0.2) is 58.5 Å². The van der Waals surface area contributed by atoms with E-state index in [0.29, 0.717) is 31.1 Å². The molecule has 2 aromatic rings. The van der Waals surface area contributed by atoms with E-state index < -0.39 is 10.0 Å². The molecule has 1 heterocycles. The Hall–Kier alpha value is -2.09. The number of hydrogen-bond donors (Lipinski definition) is 0. The maximum Gasteiger partial charge on any atom is 0.243 e. The molecule has 0 aromatic heterocycles. The second-order valence-electron chi connectivity index (χ2n) is 6.29. The smallest absolute Gasteiger partial charge is 0.243 e. The summed E-state index contributed by atoms with van der Waals surface area (Å²) < 4.78 is 38.3. The molecule has 1 aliphatic heterocycles. The molecule has 1 atom stereocenters. The lowest BCUT2D eigenvalue weighted by molar-refractivity contribution is 0.148. The van der Waals surface area contributed by atoms with Crippen LogP contribution in [0.5, 0.6) is 11.5 Å². The Morgan fingerprint density at radius 1 is 0.962 bits per heavy atom. The predicted octanol–water partition coefficient (Wildman–Crippen LogP) is 2.38. The molecule has 3 rings (SSSR count). The van der Waals surface area contributed by atoms with E-state index in [1.54, 1.807) is 16.4 Å². The fraction of sp³-hybridized carbons (Fsp3) is 0.368. The highest BCUT2D eigenvalue weighted by Crippen LogP contribution is 2.32. The van der Waals surface area contributed by atoms with Crippen molar-refractivity contribution in [2.45, 2.75) is 10.9 Å². The molecular formula is C19H24N2O4S. The zero-order valence-electron chi connectivity index (χ0n) is 15.3. The highest BCUT2D eigenvalue weighted by molar-refractivity contribution is 7.89. The second-order valence-corrected chi connectivity index (χ2v) is 8.22. The molecule has 6 nitrogen and oxygen atoms in total. The monoisotopic (exact) mass is 376 g/mol. The Morgan fingerprint density at radius 3 is 2.31 bits per heavy atom. The van der Waals surface area contributed by atoms with Crippen molar-refractivity contribution in [2.75, 3.05) is 40.9 Å². The standard InChI is InChI=1S/C19H24N2O4S/c1-20-11-12-21(14-17(20)15-7-5-4-6-8-15)26(22,23)16-9-10-18(24-2)19(13-16)25-3/h4-10,13,17H,11-12,14H2,1-3H3. The first kappa shape index (κ1) is 18.7. The Morgan fingerprint density at radius 2 is 1.65 bits per heavy atom. The van der Waals surface area contributed by atoms with E-state index >= 15 is 0 Å². The normalized spacial score (nSPS) is 19.3. The average molecular weight is 376 g/mol. The predicted molar refractivity (Wildman–Crippen MR) is 100 cm³/mol. The van der Waals surface area contributed by atoms with Gasteiger partial charge in [0.25, 0.3) is 0 Å². The van der Waals surface area contributed by atoms with Crippen LogP contribution in [0.2, 0.25) is 0 Å². The number of sulfonamides is 1. The van der Waals surface area contributed by atoms with Crippen LogP contribution in [-0.2, 0) is 10.0 Å². The highest BCUT2D eigenvalue weighted by atomic mass is 32.2. The molecule has 0 radical (unpaired) electrons. The van der Waals surface area contributed by atoms with Crippen LogP contribution in [0.25, 0.3) is 0 Å². The van der Waals surface area contributed by atoms with E-state index in [0.717, 1.165) is 5.56 Å². The minimum atomic E-state index is -3.61. The number of nitrogens with zero attached hydrogens (tertiary/aromatic N) is 2. The van der Waals surface area contributed by atoms with Gasteiger partial charge in [-0.05, 0) is 24.7 Å². The lowest BCUT2D eigenvalue weighted by atomic mass is 10.0. The van der Waals surface area contributed by atoms with Gasteiger partial charge in [-0.15, -0.1) is 0 Å². The van der Waals surface area contributed by atoms with Crippen molar-refractivity contribution in [2.24, 2.45) is 0 Å². The van der Waals surface area contributed by atoms with Crippen molar-refractivity contribution in [1.82, 2.24) is 9.21 Å². The van der Waals surface area contributed by atoms with Crippen LogP contribution >= 0.6 is 0 Å². The van der Waals surface area contributed by atoms with E-state index in [-0.39, 0.29) is 10.9 Å². The summed E-state index contributed by atoms with van der Waals surface area (Å²) in [5, 5.41) is 0. The van der Waals surface area contributed by atoms with Gasteiger partial charge in [0.15, 0.2) is 11.5 Å². The summed E-state index contributed by atoms with van der Waals surface area (Å²) in [6.07, 6.45) is 0. The molecule has 0 bridgehead atoms. The van der Waals surface area contributed by atoms with E-state index in [4.69, 9.17) is 9.47 Å². The lowest BCUT2D eigenvalue weighted by Crippen LogP contribution is -2.48. The largest absolute Gasteiger partial charge is 0.493 e. The third-order valence-corrected chi connectivity index (χ3v) is 6.65. The number of methoxy groups -OCH3 is 2. The molecule has 26 heavy (non-hydrogen) atoms. The zero-order chi connectivity index (χ0) is 18.7. The maximum atomic E-state index is 13.1. The van der Waals surface area contributed by atoms with E-state index in [1.165, 1.54) is 20.3 Å². The van der Waals surface area contributed by atoms with Crippen LogP contribution in [0, 0.1) is 0 Å². The second kappa shape index (κ2) is 7.65. The molecule has 2 aromatic carbocycles. The van der Waals surface area contributed by atoms with Gasteiger partial charge < -0.3 is 9.47 Å². The van der Waals surface area contributed by atoms with Crippen molar-refractivity contribution in [1.29, 1.82) is 0 Å². The van der Waals surface area contributed by atoms with Gasteiger partial charge in [-0.2, -0.15) is 4.31 Å². The number of rotatable bonds is 5. The molecule has 1 unspecified atom stereocenters. The zero-order valence-corrected chi connectivity index (χ0v) is 16.1. The molecule has 0 aliphatic carbocycles. The molecular weight excluding hydrogens is 352 g/mol. The Labute approximate surface area is 155 Å². The Kier molecular flexibility index (Phi) is 5.50. The van der Waals surface area contributed by atoms with Crippen LogP contribution in [0.3, 0.4) is 0 Å². The summed E-state index contributed by atoms with van der Waals surface area (Å²) in [7, 11) is 1.43. The molecule has 7 heteroatoms. The number of piperazine rings is 1. The fourth-order valence-corrected chi connectivity index (χ4v) is 4.68. The van der Waals surface area contributed by atoms with Gasteiger partial charge in [-0.25, -0.2) is 8.42 Å². The van der Waals surface area contributed by atoms with Gasteiger partial charge in [0.05, 0.1) is 19.1 Å². The molecule has 140 valence electrons. The van der Waals surface area contributed by atoms with E-state index in [9.17, 15) is 8.42 Å². The minimum Gasteiger partial charge on any atom is -0.493 e. The molecule has 1 aliphatic rings. The van der Waals surface area contributed by atoms with Gasteiger partial charge >= 0.3 is 0 Å². The maximum absolute atomic E-state index is 13.1. The van der Waals surface area contributed by atoms with E-state index in [1.807, 2.05) is 37.4 Å². The molecule has 0 spiro atoms. The van der Waals surface area contributed by atoms with Crippen LogP contribution < -0.4 is 9.47 Å². The summed E-state index contributed by atoms with van der Waals surface area (Å²) in [5.41, 5.74) is 1.11. The van der Waals surface area contributed by atoms with Crippen LogP contribution in [0.1, 0.15) is 11.6 Å². The topological polar surface area (TPSA) is 59.1 Å². The fourth-order valence-electron chi connectivity index (χ4n) is 3.23. The quantitative estimate of drug-likeness (QED) is 0.802. The van der Waals surface area contributed by atoms with Crippen molar-refractivity contribution < 1.29 is 17.9 Å². The minimum absolute atomic E-state index is 0.0277. The molecule has 0 N–H and O–H groups in total. The molecule has 0 saturated carbocycles. The number of ether oxygens (including phenoxy) is 2. The first-order valence-electron chi connectivity index (χ1n) is 8.44. The number of likely N-dealkylation sites (N-methyl/N-ethyl adjacent to an activating group) is 1. The number of hydrogen-bond acceptors (Lipinski definition) is 5. The highest BCUT2D eigenvalue weighted by Gasteiger charge is 2.33. The summed E-state index contributed by atoms with van der Waals surface area (Å²) in [4.78, 5) is 2.40. The summed E-state index contributed by atoms with van der Waals surface area (Å²) in [5.74, 6) is 0.911. The van der Waals surface area contributed by atoms with Gasteiger partial charge in [0.2, 0.25) is 10.0 Å². The summed E-state index contributed by atoms with van der Waals surface area (Å²) in [6, 6.07) is 14.7. The van der Waals surface area contributed by atoms with Gasteiger partial charge in [0.1, 0.15) is 0 Å². The first-order chi connectivity index (χ1) is 12.5. The molecule has 0 amide bonds. The van der Waals surface area contributed by atoms with Crippen molar-refractivity contribution in [3.05, 3.63) is 54.1 Å². The Bertz CT molecular complexity index is 855. The van der Waals surface area contributed by atoms with Gasteiger partial charge in [-0.1, -0.05) is 30.3 Å². The van der Waals surface area contributed by atoms with Crippen LogP contribution in [0.4, 0.5) is 0 Å². The van der Waals surface area contributed by atoms with Crippen LogP contribution in [0.15, 0.2) is 53.4 Å². The summed E-state index contributed by atoms with van der Waals surface area (Å²) >= 11 is 0. The lowest BCUT2D eigenvalue weighted by Gasteiger charge is -2.39. The number of benzene rings is 2. The van der Waals surface area contributed by atoms with Crippen molar-refractivity contribution in [3.8, 4) is 11.5 Å². The van der Waals surface area contributed by atoms with Gasteiger partial charge in [-0.3, -0.25) is 4.90 Å². The van der Waals surface area contributed by atoms with E-state index in [2.05, 4.69) is 4.90 Å². The Balaban J connectivity index is 1.90. The molecule has 1 fully saturated rings. The average Bonchev–Trinajstić information content (AvgIpc) is 2.68. The van der Waals surface area contributed by atoms with Gasteiger partial charge in [0, 0.05) is 31.7 Å².